The summed E-state index contributed by atoms with van der Waals surface area (Å²) in [6.45, 7) is -0.279. The number of thiazole rings is 1. The molecule has 0 fully saturated rings. The van der Waals surface area contributed by atoms with Crippen LogP contribution in [0.4, 0.5) is 17.6 Å². The van der Waals surface area contributed by atoms with Crippen LogP contribution in [-0.4, -0.2) is 23.2 Å². The molecular formula is C7H6F4N2OS. The lowest BCUT2D eigenvalue weighted by molar-refractivity contribution is -0.169. The van der Waals surface area contributed by atoms with Crippen LogP contribution in [0.5, 0.6) is 0 Å². The highest BCUT2D eigenvalue weighted by atomic mass is 32.1. The molecule has 0 atom stereocenters. The molecule has 1 rings (SSSR count). The third kappa shape index (κ3) is 2.88. The van der Waals surface area contributed by atoms with E-state index in [1.165, 1.54) is 6.20 Å². The van der Waals surface area contributed by atoms with E-state index < -0.39 is 18.3 Å². The summed E-state index contributed by atoms with van der Waals surface area (Å²) >= 11 is 1.13. The van der Waals surface area contributed by atoms with Gasteiger partial charge in [0.1, 0.15) is 5.01 Å². The van der Waals surface area contributed by atoms with Gasteiger partial charge < -0.3 is 5.32 Å². The number of amides is 1. The lowest BCUT2D eigenvalue weighted by Gasteiger charge is -2.13. The van der Waals surface area contributed by atoms with Gasteiger partial charge in [0, 0.05) is 11.6 Å². The molecule has 0 saturated carbocycles. The first kappa shape index (κ1) is 11.9. The van der Waals surface area contributed by atoms with Crippen LogP contribution < -0.4 is 5.32 Å². The van der Waals surface area contributed by atoms with E-state index in [1.54, 1.807) is 10.7 Å². The highest BCUT2D eigenvalue weighted by Gasteiger charge is 2.48. The van der Waals surface area contributed by atoms with Crippen LogP contribution in [-0.2, 0) is 11.3 Å². The number of aromatic nitrogens is 1. The second kappa shape index (κ2) is 4.56. The molecule has 1 aromatic heterocycles. The molecule has 1 heterocycles. The lowest BCUT2D eigenvalue weighted by atomic mass is 10.3. The fraction of sp³-hybridized carbons (Fsp3) is 0.429. The topological polar surface area (TPSA) is 42.0 Å². The molecule has 0 spiro atoms. The second-order valence-electron chi connectivity index (χ2n) is 2.53. The first-order chi connectivity index (χ1) is 6.94. The van der Waals surface area contributed by atoms with E-state index in [0.29, 0.717) is 5.01 Å². The Morgan fingerprint density at radius 3 is 2.73 bits per heavy atom. The minimum Gasteiger partial charge on any atom is -0.344 e. The molecule has 0 bridgehead atoms. The number of halogens is 4. The van der Waals surface area contributed by atoms with Crippen molar-refractivity contribution in [1.82, 2.24) is 10.3 Å². The van der Waals surface area contributed by atoms with E-state index in [4.69, 9.17) is 0 Å². The quantitative estimate of drug-likeness (QED) is 0.816. The zero-order chi connectivity index (χ0) is 11.5. The van der Waals surface area contributed by atoms with Gasteiger partial charge in [0.25, 0.3) is 5.91 Å². The summed E-state index contributed by atoms with van der Waals surface area (Å²) in [6, 6.07) is 0. The van der Waals surface area contributed by atoms with Gasteiger partial charge in [-0.25, -0.2) is 13.8 Å². The van der Waals surface area contributed by atoms with Crippen molar-refractivity contribution in [2.45, 2.75) is 18.9 Å². The van der Waals surface area contributed by atoms with Gasteiger partial charge in [0.15, 0.2) is 0 Å². The third-order valence-electron chi connectivity index (χ3n) is 1.46. The predicted octanol–water partition coefficient (Wildman–Crippen LogP) is 1.66. The molecule has 0 saturated heterocycles. The van der Waals surface area contributed by atoms with Gasteiger partial charge in [-0.1, -0.05) is 0 Å². The molecule has 0 aliphatic carbocycles. The molecule has 3 nitrogen and oxygen atoms in total. The molecule has 1 amide bonds. The van der Waals surface area contributed by atoms with E-state index in [0.717, 1.165) is 11.3 Å². The van der Waals surface area contributed by atoms with Crippen LogP contribution in [0.3, 0.4) is 0 Å². The third-order valence-corrected chi connectivity index (χ3v) is 2.24. The molecule has 1 N–H and O–H groups in total. The van der Waals surface area contributed by atoms with E-state index in [9.17, 15) is 22.4 Å². The number of rotatable bonds is 4. The summed E-state index contributed by atoms with van der Waals surface area (Å²) < 4.78 is 48.2. The van der Waals surface area contributed by atoms with Gasteiger partial charge in [0.05, 0.1) is 6.54 Å². The molecule has 0 unspecified atom stereocenters. The van der Waals surface area contributed by atoms with Crippen molar-refractivity contribution in [2.24, 2.45) is 0 Å². The number of carbonyl (C=O) groups is 1. The van der Waals surface area contributed by atoms with Crippen molar-refractivity contribution in [3.05, 3.63) is 16.6 Å². The van der Waals surface area contributed by atoms with E-state index in [2.05, 4.69) is 4.98 Å². The van der Waals surface area contributed by atoms with Crippen molar-refractivity contribution >= 4 is 17.2 Å². The Hall–Kier alpha value is -1.18. The summed E-state index contributed by atoms with van der Waals surface area (Å²) in [5.74, 6) is -6.65. The Morgan fingerprint density at radius 2 is 2.27 bits per heavy atom. The number of alkyl halides is 4. The molecular weight excluding hydrogens is 236 g/mol. The van der Waals surface area contributed by atoms with Crippen LogP contribution in [0.15, 0.2) is 11.6 Å². The van der Waals surface area contributed by atoms with Gasteiger partial charge in [-0.05, 0) is 0 Å². The standard InChI is InChI=1S/C7H6F4N2OS/c8-5(9)7(10,11)6(14)13-3-4-12-1-2-15-4/h1-2,5H,3H2,(H,13,14). The van der Waals surface area contributed by atoms with Crippen LogP contribution >= 0.6 is 11.3 Å². The van der Waals surface area contributed by atoms with Crippen molar-refractivity contribution in [1.29, 1.82) is 0 Å². The average Bonchev–Trinajstić information content (AvgIpc) is 2.66. The fourth-order valence-corrected chi connectivity index (χ4v) is 1.27. The van der Waals surface area contributed by atoms with Crippen LogP contribution in [0.25, 0.3) is 0 Å². The zero-order valence-corrected chi connectivity index (χ0v) is 8.03. The first-order valence-electron chi connectivity index (χ1n) is 3.77. The van der Waals surface area contributed by atoms with E-state index in [1.807, 2.05) is 0 Å². The minimum atomic E-state index is -4.66. The lowest BCUT2D eigenvalue weighted by Crippen LogP contribution is -2.44. The highest BCUT2D eigenvalue weighted by molar-refractivity contribution is 7.09. The molecule has 0 radical (unpaired) electrons. The number of nitrogens with zero attached hydrogens (tertiary/aromatic N) is 1. The SMILES string of the molecule is O=C(NCc1nccs1)C(F)(F)C(F)F. The van der Waals surface area contributed by atoms with Crippen LogP contribution in [0, 0.1) is 0 Å². The second-order valence-corrected chi connectivity index (χ2v) is 3.51. The number of nitrogens with one attached hydrogen (secondary N) is 1. The van der Waals surface area contributed by atoms with Gasteiger partial charge in [0.2, 0.25) is 0 Å². The van der Waals surface area contributed by atoms with Gasteiger partial charge in [-0.3, -0.25) is 4.79 Å². The molecule has 84 valence electrons. The van der Waals surface area contributed by atoms with Gasteiger partial charge >= 0.3 is 12.3 Å². The molecule has 0 aliphatic rings. The Bertz CT molecular complexity index is 328. The fourth-order valence-electron chi connectivity index (χ4n) is 0.713. The number of carbonyl (C=O) groups excluding carboxylic acids is 1. The van der Waals surface area contributed by atoms with Crippen molar-refractivity contribution in [3.63, 3.8) is 0 Å². The number of hydrogen-bond acceptors (Lipinski definition) is 3. The van der Waals surface area contributed by atoms with Crippen molar-refractivity contribution in [2.75, 3.05) is 0 Å². The highest BCUT2D eigenvalue weighted by Crippen LogP contribution is 2.22. The largest absolute Gasteiger partial charge is 0.383 e. The molecule has 15 heavy (non-hydrogen) atoms. The van der Waals surface area contributed by atoms with Crippen LogP contribution in [0.2, 0.25) is 0 Å². The van der Waals surface area contributed by atoms with Crippen molar-refractivity contribution in [3.8, 4) is 0 Å². The molecule has 8 heteroatoms. The summed E-state index contributed by atoms with van der Waals surface area (Å²) in [5.41, 5.74) is 0. The Morgan fingerprint density at radius 1 is 1.60 bits per heavy atom. The molecule has 0 aromatic carbocycles. The maximum absolute atomic E-state index is 12.4. The molecule has 1 aromatic rings. The summed E-state index contributed by atoms with van der Waals surface area (Å²) in [7, 11) is 0. The maximum atomic E-state index is 12.4. The maximum Gasteiger partial charge on any atom is 0.383 e. The first-order valence-corrected chi connectivity index (χ1v) is 4.65. The van der Waals surface area contributed by atoms with Crippen LogP contribution in [0.1, 0.15) is 5.01 Å². The molecule has 0 aliphatic heterocycles. The smallest absolute Gasteiger partial charge is 0.344 e. The Labute approximate surface area is 86.1 Å². The number of hydrogen-bond donors (Lipinski definition) is 1. The predicted molar refractivity (Wildman–Crippen MR) is 44.9 cm³/mol. The average molecular weight is 242 g/mol. The minimum absolute atomic E-state index is 0.279. The van der Waals surface area contributed by atoms with Gasteiger partial charge in [-0.2, -0.15) is 8.78 Å². The normalized spacial score (nSPS) is 11.8. The Kier molecular flexibility index (Phi) is 3.61. The van der Waals surface area contributed by atoms with Crippen molar-refractivity contribution < 1.29 is 22.4 Å². The van der Waals surface area contributed by atoms with E-state index >= 15 is 0 Å². The summed E-state index contributed by atoms with van der Waals surface area (Å²) in [6.07, 6.45) is -2.59. The van der Waals surface area contributed by atoms with E-state index in [-0.39, 0.29) is 6.54 Å². The summed E-state index contributed by atoms with van der Waals surface area (Å²) in [5, 5.41) is 3.63. The Balaban J connectivity index is 2.49. The summed E-state index contributed by atoms with van der Waals surface area (Å²) in [4.78, 5) is 14.3. The van der Waals surface area contributed by atoms with Gasteiger partial charge in [-0.15, -0.1) is 11.3 Å². The monoisotopic (exact) mass is 242 g/mol. The zero-order valence-electron chi connectivity index (χ0n) is 7.21.